The Morgan fingerprint density at radius 1 is 1.29 bits per heavy atom. The minimum Gasteiger partial charge on any atom is -0.385 e. The number of nitrogens with one attached hydrogen (secondary N) is 2. The number of para-hydroxylation sites is 1. The van der Waals surface area contributed by atoms with Crippen LogP contribution in [0.1, 0.15) is 24.2 Å². The molecule has 0 aliphatic carbocycles. The molecule has 4 heteroatoms. The number of hydrogen-bond donors (Lipinski definition) is 2. The Morgan fingerprint density at radius 3 is 2.76 bits per heavy atom. The molecule has 0 saturated heterocycles. The van der Waals surface area contributed by atoms with Crippen LogP contribution in [0.5, 0.6) is 0 Å². The number of carbonyl (C=O) groups is 1. The van der Waals surface area contributed by atoms with Crippen molar-refractivity contribution in [3.63, 3.8) is 0 Å². The topological polar surface area (TPSA) is 50.4 Å². The van der Waals surface area contributed by atoms with Crippen LogP contribution in [0.4, 0.5) is 5.69 Å². The van der Waals surface area contributed by atoms with Gasteiger partial charge in [-0.25, -0.2) is 0 Å². The molecule has 0 spiro atoms. The number of carbonyl (C=O) groups excluding carboxylic acids is 1. The van der Waals surface area contributed by atoms with Crippen LogP contribution < -0.4 is 10.6 Å². The van der Waals surface area contributed by atoms with Crippen LogP contribution in [0.2, 0.25) is 0 Å². The van der Waals surface area contributed by atoms with Crippen LogP contribution >= 0.6 is 0 Å². The maximum atomic E-state index is 11.9. The molecule has 0 bridgehead atoms. The molecule has 1 rings (SSSR count). The number of ether oxygens (including phenoxy) is 1. The van der Waals surface area contributed by atoms with Gasteiger partial charge in [-0.2, -0.15) is 0 Å². The van der Waals surface area contributed by atoms with E-state index in [-0.39, 0.29) is 5.91 Å². The first-order valence-corrected chi connectivity index (χ1v) is 5.98. The molecular weight excluding hydrogens is 216 g/mol. The second-order valence-corrected chi connectivity index (χ2v) is 3.53. The predicted molar refractivity (Wildman–Crippen MR) is 69.4 cm³/mol. The highest BCUT2D eigenvalue weighted by Crippen LogP contribution is 2.14. The molecule has 2 N–H and O–H groups in total. The van der Waals surface area contributed by atoms with E-state index in [1.54, 1.807) is 0 Å². The predicted octanol–water partition coefficient (Wildman–Crippen LogP) is 1.88. The zero-order valence-corrected chi connectivity index (χ0v) is 10.5. The summed E-state index contributed by atoms with van der Waals surface area (Å²) in [6.07, 6.45) is 0. The molecule has 0 aliphatic heterocycles. The van der Waals surface area contributed by atoms with Crippen molar-refractivity contribution in [2.24, 2.45) is 0 Å². The highest BCUT2D eigenvalue weighted by atomic mass is 16.5. The second kappa shape index (κ2) is 7.68. The Hall–Kier alpha value is -1.55. The molecule has 0 unspecified atom stereocenters. The number of benzene rings is 1. The lowest BCUT2D eigenvalue weighted by Gasteiger charge is -2.10. The number of rotatable bonds is 7. The molecule has 0 aliphatic rings. The summed E-state index contributed by atoms with van der Waals surface area (Å²) in [5.74, 6) is -0.0683. The fourth-order valence-electron chi connectivity index (χ4n) is 1.50. The van der Waals surface area contributed by atoms with E-state index in [2.05, 4.69) is 10.6 Å². The van der Waals surface area contributed by atoms with Crippen LogP contribution in [0.25, 0.3) is 0 Å². The minimum absolute atomic E-state index is 0.0683. The van der Waals surface area contributed by atoms with Gasteiger partial charge in [-0.3, -0.25) is 4.79 Å². The van der Waals surface area contributed by atoms with E-state index in [1.165, 1.54) is 0 Å². The van der Waals surface area contributed by atoms with E-state index < -0.39 is 0 Å². The molecule has 0 heterocycles. The average molecular weight is 236 g/mol. The van der Waals surface area contributed by atoms with Gasteiger partial charge in [0.15, 0.2) is 0 Å². The molecule has 1 aromatic rings. The van der Waals surface area contributed by atoms with Gasteiger partial charge in [0, 0.05) is 25.4 Å². The molecule has 0 saturated carbocycles. The maximum absolute atomic E-state index is 11.9. The lowest BCUT2D eigenvalue weighted by molar-refractivity contribution is 0.0923. The largest absolute Gasteiger partial charge is 0.385 e. The summed E-state index contributed by atoms with van der Waals surface area (Å²) in [6, 6.07) is 7.49. The van der Waals surface area contributed by atoms with Crippen LogP contribution in [-0.2, 0) is 4.74 Å². The number of anilines is 1. The number of amides is 1. The van der Waals surface area contributed by atoms with Crippen molar-refractivity contribution in [2.75, 3.05) is 31.6 Å². The fraction of sp³-hybridized carbons (Fsp3) is 0.462. The van der Waals surface area contributed by atoms with Crippen LogP contribution in [-0.4, -0.2) is 32.2 Å². The van der Waals surface area contributed by atoms with Gasteiger partial charge in [0.1, 0.15) is 0 Å². The minimum atomic E-state index is -0.0683. The Balaban J connectivity index is 2.55. The van der Waals surface area contributed by atoms with Gasteiger partial charge >= 0.3 is 0 Å². The van der Waals surface area contributed by atoms with Gasteiger partial charge < -0.3 is 15.4 Å². The summed E-state index contributed by atoms with van der Waals surface area (Å²) in [6.45, 7) is 6.48. The zero-order chi connectivity index (χ0) is 12.5. The molecule has 0 fully saturated rings. The van der Waals surface area contributed by atoms with E-state index in [0.717, 1.165) is 12.2 Å². The Bertz CT molecular complexity index is 353. The lowest BCUT2D eigenvalue weighted by atomic mass is 10.1. The smallest absolute Gasteiger partial charge is 0.253 e. The van der Waals surface area contributed by atoms with E-state index in [0.29, 0.717) is 25.3 Å². The van der Waals surface area contributed by atoms with Crippen molar-refractivity contribution in [3.05, 3.63) is 29.8 Å². The van der Waals surface area contributed by atoms with Crippen molar-refractivity contribution in [2.45, 2.75) is 13.8 Å². The van der Waals surface area contributed by atoms with Gasteiger partial charge in [0.05, 0.1) is 12.2 Å². The van der Waals surface area contributed by atoms with Crippen molar-refractivity contribution < 1.29 is 9.53 Å². The molecule has 4 nitrogen and oxygen atoms in total. The van der Waals surface area contributed by atoms with Gasteiger partial charge in [-0.1, -0.05) is 12.1 Å². The van der Waals surface area contributed by atoms with Gasteiger partial charge in [-0.05, 0) is 26.0 Å². The quantitative estimate of drug-likeness (QED) is 0.711. The van der Waals surface area contributed by atoms with Crippen molar-refractivity contribution in [3.8, 4) is 0 Å². The highest BCUT2D eigenvalue weighted by Gasteiger charge is 2.09. The standard InChI is InChI=1S/C13H20N2O2/c1-3-14-12-8-6-5-7-11(12)13(16)15-9-10-17-4-2/h5-8,14H,3-4,9-10H2,1-2H3,(H,15,16). The second-order valence-electron chi connectivity index (χ2n) is 3.53. The average Bonchev–Trinajstić information content (AvgIpc) is 2.35. The fourth-order valence-corrected chi connectivity index (χ4v) is 1.50. The maximum Gasteiger partial charge on any atom is 0.253 e. The molecule has 1 aromatic carbocycles. The Morgan fingerprint density at radius 2 is 2.06 bits per heavy atom. The summed E-state index contributed by atoms with van der Waals surface area (Å²) < 4.78 is 5.17. The lowest BCUT2D eigenvalue weighted by Crippen LogP contribution is -2.28. The van der Waals surface area contributed by atoms with E-state index in [9.17, 15) is 4.79 Å². The summed E-state index contributed by atoms with van der Waals surface area (Å²) >= 11 is 0. The monoisotopic (exact) mass is 236 g/mol. The first kappa shape index (κ1) is 13.5. The molecule has 0 atom stereocenters. The van der Waals surface area contributed by atoms with E-state index in [4.69, 9.17) is 4.74 Å². The highest BCUT2D eigenvalue weighted by molar-refractivity contribution is 5.99. The Kier molecular flexibility index (Phi) is 6.10. The van der Waals surface area contributed by atoms with Crippen LogP contribution in [0.3, 0.4) is 0 Å². The zero-order valence-electron chi connectivity index (χ0n) is 10.5. The van der Waals surface area contributed by atoms with Gasteiger partial charge in [-0.15, -0.1) is 0 Å². The van der Waals surface area contributed by atoms with Gasteiger partial charge in [0.2, 0.25) is 0 Å². The normalized spacial score (nSPS) is 10.0. The third-order valence-corrected chi connectivity index (χ3v) is 2.27. The van der Waals surface area contributed by atoms with Crippen molar-refractivity contribution >= 4 is 11.6 Å². The van der Waals surface area contributed by atoms with Crippen LogP contribution in [0, 0.1) is 0 Å². The first-order valence-electron chi connectivity index (χ1n) is 5.98. The van der Waals surface area contributed by atoms with Crippen molar-refractivity contribution in [1.82, 2.24) is 5.32 Å². The molecule has 94 valence electrons. The molecular formula is C13H20N2O2. The third kappa shape index (κ3) is 4.44. The number of hydrogen-bond acceptors (Lipinski definition) is 3. The molecule has 17 heavy (non-hydrogen) atoms. The first-order chi connectivity index (χ1) is 8.29. The molecule has 1 amide bonds. The summed E-state index contributed by atoms with van der Waals surface area (Å²) in [5, 5.41) is 6.00. The summed E-state index contributed by atoms with van der Waals surface area (Å²) in [4.78, 5) is 11.9. The van der Waals surface area contributed by atoms with E-state index in [1.807, 2.05) is 38.1 Å². The SMILES string of the molecule is CCNc1ccccc1C(=O)NCCOCC. The van der Waals surface area contributed by atoms with Gasteiger partial charge in [0.25, 0.3) is 5.91 Å². The van der Waals surface area contributed by atoms with Crippen LogP contribution in [0.15, 0.2) is 24.3 Å². The summed E-state index contributed by atoms with van der Waals surface area (Å²) in [7, 11) is 0. The molecule has 0 aromatic heterocycles. The molecule has 0 radical (unpaired) electrons. The summed E-state index contributed by atoms with van der Waals surface area (Å²) in [5.41, 5.74) is 1.54. The van der Waals surface area contributed by atoms with E-state index >= 15 is 0 Å². The third-order valence-electron chi connectivity index (χ3n) is 2.27. The van der Waals surface area contributed by atoms with Crippen molar-refractivity contribution in [1.29, 1.82) is 0 Å². The Labute approximate surface area is 102 Å².